The van der Waals surface area contributed by atoms with Crippen LogP contribution in [0.2, 0.25) is 0 Å². The monoisotopic (exact) mass is 324 g/mol. The second-order valence-electron chi connectivity index (χ2n) is 6.55. The van der Waals surface area contributed by atoms with E-state index in [4.69, 9.17) is 0 Å². The van der Waals surface area contributed by atoms with Crippen LogP contribution in [0.15, 0.2) is 30.3 Å². The number of rotatable bonds is 5. The summed E-state index contributed by atoms with van der Waals surface area (Å²) >= 11 is 0. The first-order chi connectivity index (χ1) is 10.4. The first-order valence-corrected chi connectivity index (χ1v) is 9.89. The number of benzene rings is 1. The summed E-state index contributed by atoms with van der Waals surface area (Å²) in [5.74, 6) is 0.657. The van der Waals surface area contributed by atoms with Crippen molar-refractivity contribution in [2.24, 2.45) is 0 Å². The zero-order valence-corrected chi connectivity index (χ0v) is 14.6. The Morgan fingerprint density at radius 1 is 1.14 bits per heavy atom. The van der Waals surface area contributed by atoms with E-state index in [0.717, 1.165) is 19.3 Å². The minimum atomic E-state index is -2.83. The smallest absolute Gasteiger partial charge is 0.150 e. The van der Waals surface area contributed by atoms with E-state index in [-0.39, 0.29) is 12.1 Å². The molecule has 0 bridgehead atoms. The Hall–Kier alpha value is -0.910. The molecule has 1 aliphatic rings. The predicted molar refractivity (Wildman–Crippen MR) is 91.8 cm³/mol. The Morgan fingerprint density at radius 3 is 2.45 bits per heavy atom. The maximum Gasteiger partial charge on any atom is 0.150 e. The van der Waals surface area contributed by atoms with Gasteiger partial charge in [-0.05, 0) is 45.8 Å². The van der Waals surface area contributed by atoms with Gasteiger partial charge in [-0.15, -0.1) is 0 Å². The van der Waals surface area contributed by atoms with Crippen LogP contribution in [0.3, 0.4) is 0 Å². The van der Waals surface area contributed by atoms with Gasteiger partial charge in [0.25, 0.3) is 0 Å². The van der Waals surface area contributed by atoms with E-state index < -0.39 is 9.84 Å². The van der Waals surface area contributed by atoms with Gasteiger partial charge in [0.15, 0.2) is 0 Å². The van der Waals surface area contributed by atoms with Gasteiger partial charge >= 0.3 is 0 Å². The first kappa shape index (κ1) is 17.4. The lowest BCUT2D eigenvalue weighted by Gasteiger charge is -2.33. The van der Waals surface area contributed by atoms with E-state index in [1.807, 2.05) is 6.07 Å². The van der Waals surface area contributed by atoms with Crippen LogP contribution in [0.5, 0.6) is 0 Å². The zero-order valence-electron chi connectivity index (χ0n) is 13.8. The van der Waals surface area contributed by atoms with Gasteiger partial charge in [0.05, 0.1) is 11.5 Å². The van der Waals surface area contributed by atoms with Gasteiger partial charge in [-0.25, -0.2) is 8.42 Å². The van der Waals surface area contributed by atoms with Crippen LogP contribution in [-0.2, 0) is 9.84 Å². The molecule has 1 aliphatic heterocycles. The van der Waals surface area contributed by atoms with Gasteiger partial charge < -0.3 is 10.2 Å². The van der Waals surface area contributed by atoms with Gasteiger partial charge in [0, 0.05) is 18.1 Å². The van der Waals surface area contributed by atoms with E-state index in [0.29, 0.717) is 17.5 Å². The van der Waals surface area contributed by atoms with Gasteiger partial charge in [-0.2, -0.15) is 0 Å². The van der Waals surface area contributed by atoms with E-state index in [9.17, 15) is 8.42 Å². The molecule has 1 fully saturated rings. The molecule has 5 heteroatoms. The van der Waals surface area contributed by atoms with Crippen molar-refractivity contribution in [3.05, 3.63) is 35.9 Å². The predicted octanol–water partition coefficient (Wildman–Crippen LogP) is 2.23. The Balaban J connectivity index is 2.04. The lowest BCUT2D eigenvalue weighted by molar-refractivity contribution is 0.224. The molecule has 0 aromatic heterocycles. The number of hydrogen-bond acceptors (Lipinski definition) is 4. The fourth-order valence-electron chi connectivity index (χ4n) is 3.43. The van der Waals surface area contributed by atoms with Crippen molar-refractivity contribution in [1.29, 1.82) is 0 Å². The molecule has 1 saturated heterocycles. The van der Waals surface area contributed by atoms with E-state index in [1.54, 1.807) is 0 Å². The second-order valence-corrected chi connectivity index (χ2v) is 8.86. The summed E-state index contributed by atoms with van der Waals surface area (Å²) in [5.41, 5.74) is 1.29. The lowest BCUT2D eigenvalue weighted by Crippen LogP contribution is -2.44. The third kappa shape index (κ3) is 4.80. The van der Waals surface area contributed by atoms with Crippen LogP contribution in [0, 0.1) is 0 Å². The lowest BCUT2D eigenvalue weighted by atomic mass is 9.97. The van der Waals surface area contributed by atoms with Crippen LogP contribution in [0.1, 0.15) is 37.8 Å². The summed E-state index contributed by atoms with van der Waals surface area (Å²) in [5, 5.41) is 3.67. The van der Waals surface area contributed by atoms with Crippen molar-refractivity contribution in [1.82, 2.24) is 10.2 Å². The average Bonchev–Trinajstić information content (AvgIpc) is 2.61. The normalized spacial score (nSPS) is 24.6. The van der Waals surface area contributed by atoms with Crippen LogP contribution in [0.25, 0.3) is 0 Å². The highest BCUT2D eigenvalue weighted by atomic mass is 32.2. The molecule has 1 aromatic rings. The van der Waals surface area contributed by atoms with Crippen molar-refractivity contribution >= 4 is 9.84 Å². The van der Waals surface area contributed by atoms with Crippen molar-refractivity contribution in [3.8, 4) is 0 Å². The van der Waals surface area contributed by atoms with Crippen LogP contribution < -0.4 is 5.32 Å². The molecule has 3 atom stereocenters. The van der Waals surface area contributed by atoms with Crippen molar-refractivity contribution in [3.63, 3.8) is 0 Å². The molecule has 124 valence electrons. The van der Waals surface area contributed by atoms with Crippen molar-refractivity contribution < 1.29 is 8.42 Å². The Bertz CT molecular complexity index is 557. The molecule has 0 aliphatic carbocycles. The van der Waals surface area contributed by atoms with E-state index >= 15 is 0 Å². The summed E-state index contributed by atoms with van der Waals surface area (Å²) < 4.78 is 23.5. The van der Waals surface area contributed by atoms with Gasteiger partial charge in [0.1, 0.15) is 9.84 Å². The summed E-state index contributed by atoms with van der Waals surface area (Å²) in [7, 11) is 1.35. The molecular weight excluding hydrogens is 296 g/mol. The molecular formula is C17H28N2O2S. The molecule has 0 amide bonds. The zero-order chi connectivity index (χ0) is 16.2. The quantitative estimate of drug-likeness (QED) is 0.902. The maximum atomic E-state index is 11.7. The van der Waals surface area contributed by atoms with Crippen LogP contribution >= 0.6 is 0 Å². The number of nitrogens with one attached hydrogen (secondary N) is 1. The fourth-order valence-corrected chi connectivity index (χ4v) is 4.89. The third-order valence-electron chi connectivity index (χ3n) is 4.45. The van der Waals surface area contributed by atoms with E-state index in [1.165, 1.54) is 5.56 Å². The SMILES string of the molecule is CC(NC1CCCS(=O)(=O)CC1)C(c1ccccc1)N(C)C. The Kier molecular flexibility index (Phi) is 6.01. The average molecular weight is 324 g/mol. The van der Waals surface area contributed by atoms with Gasteiger partial charge in [-0.1, -0.05) is 30.3 Å². The second kappa shape index (κ2) is 7.57. The Morgan fingerprint density at radius 2 is 1.82 bits per heavy atom. The topological polar surface area (TPSA) is 49.4 Å². The largest absolute Gasteiger partial charge is 0.310 e. The summed E-state index contributed by atoms with van der Waals surface area (Å²) in [6, 6.07) is 11.3. The Labute approximate surface area is 134 Å². The molecule has 2 rings (SSSR count). The third-order valence-corrected chi connectivity index (χ3v) is 6.22. The fraction of sp³-hybridized carbons (Fsp3) is 0.647. The van der Waals surface area contributed by atoms with Crippen molar-refractivity contribution in [2.45, 2.75) is 44.3 Å². The molecule has 4 nitrogen and oxygen atoms in total. The molecule has 22 heavy (non-hydrogen) atoms. The molecule has 1 heterocycles. The summed E-state index contributed by atoms with van der Waals surface area (Å²) in [6.07, 6.45) is 2.44. The summed E-state index contributed by atoms with van der Waals surface area (Å²) in [4.78, 5) is 2.22. The minimum Gasteiger partial charge on any atom is -0.310 e. The summed E-state index contributed by atoms with van der Waals surface area (Å²) in [6.45, 7) is 2.19. The maximum absolute atomic E-state index is 11.7. The molecule has 1 N–H and O–H groups in total. The highest BCUT2D eigenvalue weighted by molar-refractivity contribution is 7.91. The van der Waals surface area contributed by atoms with Crippen LogP contribution in [0.4, 0.5) is 0 Å². The molecule has 0 saturated carbocycles. The number of sulfone groups is 1. The highest BCUT2D eigenvalue weighted by Crippen LogP contribution is 2.23. The molecule has 0 radical (unpaired) electrons. The number of likely N-dealkylation sites (N-methyl/N-ethyl adjacent to an activating group) is 1. The molecule has 0 spiro atoms. The van der Waals surface area contributed by atoms with Gasteiger partial charge in [0.2, 0.25) is 0 Å². The van der Waals surface area contributed by atoms with Gasteiger partial charge in [-0.3, -0.25) is 0 Å². The van der Waals surface area contributed by atoms with E-state index in [2.05, 4.69) is 55.5 Å². The first-order valence-electron chi connectivity index (χ1n) is 8.07. The standard InChI is InChI=1S/C17H28N2O2S/c1-14(17(19(2)3)15-8-5-4-6-9-15)18-16-10-7-12-22(20,21)13-11-16/h4-6,8-9,14,16-18H,7,10-13H2,1-3H3. The molecule has 3 unspecified atom stereocenters. The highest BCUT2D eigenvalue weighted by Gasteiger charge is 2.26. The minimum absolute atomic E-state index is 0.267. The molecule has 1 aromatic carbocycles. The van der Waals surface area contributed by atoms with Crippen LogP contribution in [-0.4, -0.2) is 51.0 Å². The van der Waals surface area contributed by atoms with Crippen molar-refractivity contribution in [2.75, 3.05) is 25.6 Å². The number of hydrogen-bond donors (Lipinski definition) is 1. The number of nitrogens with zero attached hydrogens (tertiary/aromatic N) is 1.